The van der Waals surface area contributed by atoms with Crippen molar-refractivity contribution in [3.05, 3.63) is 240 Å². The molecule has 0 radical (unpaired) electrons. The molecule has 2 heteroatoms. The molecule has 0 N–H and O–H groups in total. The van der Waals surface area contributed by atoms with E-state index < -0.39 is 5.41 Å². The summed E-state index contributed by atoms with van der Waals surface area (Å²) in [6.45, 7) is 11.2. The molecule has 1 aliphatic rings. The molecule has 0 spiro atoms. The average Bonchev–Trinajstić information content (AvgIpc) is 3.50. The van der Waals surface area contributed by atoms with Crippen LogP contribution in [0.3, 0.4) is 0 Å². The third-order valence-corrected chi connectivity index (χ3v) is 10.5. The van der Waals surface area contributed by atoms with E-state index in [0.717, 1.165) is 39.7 Å². The molecule has 0 heterocycles. The molecule has 262 valence electrons. The van der Waals surface area contributed by atoms with E-state index in [1.54, 1.807) is 0 Å². The molecule has 7 aromatic carbocycles. The van der Waals surface area contributed by atoms with E-state index in [9.17, 15) is 0 Å². The van der Waals surface area contributed by atoms with Gasteiger partial charge in [-0.15, -0.1) is 0 Å². The number of hydrogen-bond donors (Lipinski definition) is 0. The fourth-order valence-electron chi connectivity index (χ4n) is 7.95. The van der Waals surface area contributed by atoms with Crippen molar-refractivity contribution in [1.82, 2.24) is 0 Å². The standard InChI is InChI=1S/C52H44N2/c1-5-6-10-17-40(4)52(41-18-11-7-12-19-41)50-36-46(53(42-20-13-8-14-21-42)44-28-24-38(2)25-29-44)32-34-48(50)49-35-33-47(37-51(49)52)54(43-22-15-9-16-23-43)45-30-26-39(3)27-31-45/h5-37H,4H2,1-3H3/b6-5-,17-10-. The number of anilines is 6. The predicted molar refractivity (Wildman–Crippen MR) is 230 cm³/mol. The van der Waals surface area contributed by atoms with Gasteiger partial charge in [-0.3, -0.25) is 0 Å². The summed E-state index contributed by atoms with van der Waals surface area (Å²) in [6, 6.07) is 63.8. The lowest BCUT2D eigenvalue weighted by molar-refractivity contribution is 0.770. The minimum Gasteiger partial charge on any atom is -0.310 e. The lowest BCUT2D eigenvalue weighted by atomic mass is 9.67. The van der Waals surface area contributed by atoms with Crippen LogP contribution in [-0.2, 0) is 5.41 Å². The second-order valence-corrected chi connectivity index (χ2v) is 14.0. The van der Waals surface area contributed by atoms with Crippen LogP contribution in [0.1, 0.15) is 34.7 Å². The number of nitrogens with zero attached hydrogens (tertiary/aromatic N) is 2. The molecule has 7 aromatic rings. The van der Waals surface area contributed by atoms with Crippen LogP contribution in [-0.4, -0.2) is 0 Å². The van der Waals surface area contributed by atoms with E-state index >= 15 is 0 Å². The topological polar surface area (TPSA) is 6.48 Å². The van der Waals surface area contributed by atoms with Gasteiger partial charge in [0.2, 0.25) is 0 Å². The van der Waals surface area contributed by atoms with E-state index in [0.29, 0.717) is 0 Å². The van der Waals surface area contributed by atoms with Gasteiger partial charge in [-0.25, -0.2) is 0 Å². The number of fused-ring (bicyclic) bond motifs is 3. The smallest absolute Gasteiger partial charge is 0.0709 e. The zero-order valence-electron chi connectivity index (χ0n) is 31.2. The summed E-state index contributed by atoms with van der Waals surface area (Å²) in [4.78, 5) is 4.72. The fourth-order valence-corrected chi connectivity index (χ4v) is 7.95. The summed E-state index contributed by atoms with van der Waals surface area (Å²) < 4.78 is 0. The Bertz CT molecular complexity index is 2320. The molecule has 8 rings (SSSR count). The first-order chi connectivity index (χ1) is 26.5. The summed E-state index contributed by atoms with van der Waals surface area (Å²) in [7, 11) is 0. The summed E-state index contributed by atoms with van der Waals surface area (Å²) in [5, 5.41) is 0. The van der Waals surface area contributed by atoms with Crippen LogP contribution in [0.25, 0.3) is 11.1 Å². The minimum atomic E-state index is -0.679. The number of hydrogen-bond acceptors (Lipinski definition) is 2. The monoisotopic (exact) mass is 696 g/mol. The Balaban J connectivity index is 1.41. The van der Waals surface area contributed by atoms with E-state index in [4.69, 9.17) is 6.58 Å². The largest absolute Gasteiger partial charge is 0.310 e. The molecule has 1 aliphatic carbocycles. The Morgan fingerprint density at radius 1 is 0.463 bits per heavy atom. The van der Waals surface area contributed by atoms with Crippen molar-refractivity contribution in [2.45, 2.75) is 26.2 Å². The number of allylic oxidation sites excluding steroid dienone is 5. The highest BCUT2D eigenvalue weighted by Crippen LogP contribution is 2.58. The molecule has 0 bridgehead atoms. The van der Waals surface area contributed by atoms with E-state index in [2.05, 4.69) is 224 Å². The molecule has 0 amide bonds. The van der Waals surface area contributed by atoms with Gasteiger partial charge < -0.3 is 9.80 Å². The van der Waals surface area contributed by atoms with Gasteiger partial charge in [0.25, 0.3) is 0 Å². The second kappa shape index (κ2) is 14.8. The summed E-state index contributed by atoms with van der Waals surface area (Å²) in [5.41, 5.74) is 15.4. The maximum atomic E-state index is 4.91. The molecule has 0 aromatic heterocycles. The lowest BCUT2D eigenvalue weighted by Gasteiger charge is -2.36. The fraction of sp³-hybridized carbons (Fsp3) is 0.0769. The van der Waals surface area contributed by atoms with Gasteiger partial charge in [0.05, 0.1) is 5.41 Å². The maximum Gasteiger partial charge on any atom is 0.0709 e. The van der Waals surface area contributed by atoms with Crippen LogP contribution in [0, 0.1) is 13.8 Å². The Kier molecular flexibility index (Phi) is 9.42. The average molecular weight is 697 g/mol. The number of aryl methyl sites for hydroxylation is 2. The van der Waals surface area contributed by atoms with Crippen molar-refractivity contribution in [2.24, 2.45) is 0 Å². The molecule has 0 saturated heterocycles. The Morgan fingerprint density at radius 2 is 0.852 bits per heavy atom. The van der Waals surface area contributed by atoms with E-state index in [1.165, 1.54) is 38.9 Å². The van der Waals surface area contributed by atoms with Crippen LogP contribution in [0.4, 0.5) is 34.1 Å². The van der Waals surface area contributed by atoms with Gasteiger partial charge in [0.1, 0.15) is 0 Å². The molecule has 0 fully saturated rings. The summed E-state index contributed by atoms with van der Waals surface area (Å²) in [6.07, 6.45) is 8.44. The van der Waals surface area contributed by atoms with Gasteiger partial charge in [0.15, 0.2) is 0 Å². The molecule has 0 atom stereocenters. The first kappa shape index (κ1) is 34.4. The number of para-hydroxylation sites is 2. The summed E-state index contributed by atoms with van der Waals surface area (Å²) in [5.74, 6) is 0. The zero-order valence-corrected chi connectivity index (χ0v) is 31.2. The SMILES string of the molecule is C=C(/C=C\C=C/C)C1(c2ccccc2)c2cc(N(c3ccccc3)c3ccc(C)cc3)ccc2-c2ccc(N(c3ccccc3)c3ccc(C)cc3)cc21. The molecule has 54 heavy (non-hydrogen) atoms. The van der Waals surface area contributed by atoms with Crippen LogP contribution in [0.5, 0.6) is 0 Å². The molecular weight excluding hydrogens is 653 g/mol. The highest BCUT2D eigenvalue weighted by Gasteiger charge is 2.47. The highest BCUT2D eigenvalue weighted by molar-refractivity contribution is 5.92. The van der Waals surface area contributed by atoms with E-state index in [-0.39, 0.29) is 0 Å². The van der Waals surface area contributed by atoms with Crippen molar-refractivity contribution in [2.75, 3.05) is 9.80 Å². The quantitative estimate of drug-likeness (QED) is 0.131. The van der Waals surface area contributed by atoms with Gasteiger partial charge in [-0.05, 0) is 127 Å². The lowest BCUT2D eigenvalue weighted by Crippen LogP contribution is -2.29. The Morgan fingerprint density at radius 3 is 1.28 bits per heavy atom. The maximum absolute atomic E-state index is 4.91. The van der Waals surface area contributed by atoms with Crippen LogP contribution < -0.4 is 9.80 Å². The Labute approximate surface area is 320 Å². The van der Waals surface area contributed by atoms with Gasteiger partial charge >= 0.3 is 0 Å². The number of rotatable bonds is 10. The first-order valence-electron chi connectivity index (χ1n) is 18.7. The van der Waals surface area contributed by atoms with E-state index in [1.807, 2.05) is 6.92 Å². The normalized spacial score (nSPS) is 12.8. The molecular formula is C52H44N2. The molecule has 0 saturated carbocycles. The zero-order chi connectivity index (χ0) is 37.1. The molecule has 0 aliphatic heterocycles. The minimum absolute atomic E-state index is 0.679. The molecule has 0 unspecified atom stereocenters. The third kappa shape index (κ3) is 6.16. The van der Waals surface area contributed by atoms with Crippen LogP contribution in [0.15, 0.2) is 212 Å². The van der Waals surface area contributed by atoms with Crippen molar-refractivity contribution >= 4 is 34.1 Å². The van der Waals surface area contributed by atoms with Crippen molar-refractivity contribution in [3.8, 4) is 11.1 Å². The predicted octanol–water partition coefficient (Wildman–Crippen LogP) is 14.2. The van der Waals surface area contributed by atoms with Gasteiger partial charge in [0, 0.05) is 34.1 Å². The second-order valence-electron chi connectivity index (χ2n) is 14.0. The van der Waals surface area contributed by atoms with Crippen molar-refractivity contribution in [3.63, 3.8) is 0 Å². The van der Waals surface area contributed by atoms with Gasteiger partial charge in [-0.2, -0.15) is 0 Å². The summed E-state index contributed by atoms with van der Waals surface area (Å²) >= 11 is 0. The van der Waals surface area contributed by atoms with Crippen LogP contribution >= 0.6 is 0 Å². The Hall–Kier alpha value is -6.64. The molecule has 2 nitrogen and oxygen atoms in total. The van der Waals surface area contributed by atoms with Crippen molar-refractivity contribution < 1.29 is 0 Å². The van der Waals surface area contributed by atoms with Crippen molar-refractivity contribution in [1.29, 1.82) is 0 Å². The number of benzene rings is 7. The first-order valence-corrected chi connectivity index (χ1v) is 18.7. The highest BCUT2D eigenvalue weighted by atomic mass is 15.1. The van der Waals surface area contributed by atoms with Crippen LogP contribution in [0.2, 0.25) is 0 Å². The van der Waals surface area contributed by atoms with Gasteiger partial charge in [-0.1, -0.05) is 145 Å². The third-order valence-electron chi connectivity index (χ3n) is 10.5.